The number of aliphatic hydroxyl groups is 1. The molecule has 100 valence electrons. The minimum Gasteiger partial charge on any atom is -0.481 e. The molecule has 2 N–H and O–H groups in total. The van der Waals surface area contributed by atoms with E-state index >= 15 is 0 Å². The molecule has 1 rings (SSSR count). The first-order valence-electron chi connectivity index (χ1n) is 6.00. The fourth-order valence-corrected chi connectivity index (χ4v) is 2.16. The maximum Gasteiger partial charge on any atom is 0.307 e. The van der Waals surface area contributed by atoms with E-state index in [0.717, 1.165) is 0 Å². The number of carbonyl (C=O) groups is 2. The first-order chi connectivity index (χ1) is 8.61. The summed E-state index contributed by atoms with van der Waals surface area (Å²) in [6.07, 6.45) is 6.03. The molecule has 0 spiro atoms. The van der Waals surface area contributed by atoms with Gasteiger partial charge in [-0.25, -0.2) is 0 Å². The van der Waals surface area contributed by atoms with Gasteiger partial charge in [0.15, 0.2) is 0 Å². The number of allylic oxidation sites excluding steroid dienone is 2. The van der Waals surface area contributed by atoms with Gasteiger partial charge >= 0.3 is 5.97 Å². The summed E-state index contributed by atoms with van der Waals surface area (Å²) < 4.78 is 0. The Bertz CT molecular complexity index is 351. The lowest BCUT2D eigenvalue weighted by Crippen LogP contribution is -2.43. The van der Waals surface area contributed by atoms with Gasteiger partial charge in [0.2, 0.25) is 5.91 Å². The predicted octanol–water partition coefficient (Wildman–Crippen LogP) is 0.660. The van der Waals surface area contributed by atoms with Crippen molar-refractivity contribution >= 4 is 11.9 Å². The fraction of sp³-hybridized carbons (Fsp3) is 0.538. The van der Waals surface area contributed by atoms with Gasteiger partial charge in [-0.1, -0.05) is 18.2 Å². The van der Waals surface area contributed by atoms with E-state index in [0.29, 0.717) is 19.4 Å². The van der Waals surface area contributed by atoms with Gasteiger partial charge in [0.1, 0.15) is 0 Å². The second kappa shape index (κ2) is 6.96. The van der Waals surface area contributed by atoms with Gasteiger partial charge in [0, 0.05) is 13.1 Å². The van der Waals surface area contributed by atoms with Crippen LogP contribution in [0.25, 0.3) is 0 Å². The highest BCUT2D eigenvalue weighted by atomic mass is 16.4. The van der Waals surface area contributed by atoms with Gasteiger partial charge in [-0.15, -0.1) is 6.58 Å². The van der Waals surface area contributed by atoms with Crippen molar-refractivity contribution in [3.63, 3.8) is 0 Å². The number of hydrogen-bond donors (Lipinski definition) is 2. The van der Waals surface area contributed by atoms with Crippen molar-refractivity contribution in [1.29, 1.82) is 0 Å². The van der Waals surface area contributed by atoms with Crippen molar-refractivity contribution in [3.05, 3.63) is 24.8 Å². The maximum atomic E-state index is 12.3. The summed E-state index contributed by atoms with van der Waals surface area (Å²) in [5, 5.41) is 18.1. The Hall–Kier alpha value is -1.62. The standard InChI is InChI=1S/C13H19NO4/c1-2-7-14(8-9-15)12(16)10-5-3-4-6-11(10)13(17)18/h2-4,10-11,15H,1,5-9H2,(H,17,18). The third kappa shape index (κ3) is 3.43. The average Bonchev–Trinajstić information content (AvgIpc) is 2.37. The number of nitrogens with zero attached hydrogens (tertiary/aromatic N) is 1. The number of carboxylic acids is 1. The monoisotopic (exact) mass is 253 g/mol. The summed E-state index contributed by atoms with van der Waals surface area (Å²) in [7, 11) is 0. The Kier molecular flexibility index (Phi) is 5.58. The number of rotatable bonds is 6. The van der Waals surface area contributed by atoms with Crippen LogP contribution in [0.2, 0.25) is 0 Å². The molecule has 5 nitrogen and oxygen atoms in total. The smallest absolute Gasteiger partial charge is 0.307 e. The molecule has 1 aliphatic carbocycles. The average molecular weight is 253 g/mol. The van der Waals surface area contributed by atoms with E-state index in [1.807, 2.05) is 6.08 Å². The first-order valence-corrected chi connectivity index (χ1v) is 6.00. The lowest BCUT2D eigenvalue weighted by Gasteiger charge is -2.30. The summed E-state index contributed by atoms with van der Waals surface area (Å²) in [4.78, 5) is 24.8. The highest BCUT2D eigenvalue weighted by Gasteiger charge is 2.35. The van der Waals surface area contributed by atoms with Crippen molar-refractivity contribution < 1.29 is 19.8 Å². The van der Waals surface area contributed by atoms with Gasteiger partial charge in [0.25, 0.3) is 0 Å². The largest absolute Gasteiger partial charge is 0.481 e. The molecule has 0 bridgehead atoms. The minimum atomic E-state index is -0.944. The van der Waals surface area contributed by atoms with Crippen LogP contribution in [0.15, 0.2) is 24.8 Å². The van der Waals surface area contributed by atoms with E-state index in [1.54, 1.807) is 12.2 Å². The molecule has 0 saturated heterocycles. The van der Waals surface area contributed by atoms with Gasteiger partial charge in [-0.05, 0) is 12.8 Å². The molecule has 0 heterocycles. The molecule has 0 aromatic carbocycles. The third-order valence-electron chi connectivity index (χ3n) is 3.10. The zero-order valence-electron chi connectivity index (χ0n) is 10.3. The van der Waals surface area contributed by atoms with Gasteiger partial charge in [0.05, 0.1) is 18.4 Å². The van der Waals surface area contributed by atoms with Crippen molar-refractivity contribution in [3.8, 4) is 0 Å². The van der Waals surface area contributed by atoms with Crippen LogP contribution < -0.4 is 0 Å². The van der Waals surface area contributed by atoms with Gasteiger partial charge in [-0.2, -0.15) is 0 Å². The molecule has 0 fully saturated rings. The lowest BCUT2D eigenvalue weighted by atomic mass is 9.82. The Morgan fingerprint density at radius 1 is 1.33 bits per heavy atom. The molecule has 2 unspecified atom stereocenters. The molecule has 0 saturated carbocycles. The summed E-state index contributed by atoms with van der Waals surface area (Å²) in [5.74, 6) is -2.38. The molecule has 18 heavy (non-hydrogen) atoms. The molecular formula is C13H19NO4. The van der Waals surface area contributed by atoms with Crippen LogP contribution in [0.5, 0.6) is 0 Å². The second-order valence-corrected chi connectivity index (χ2v) is 4.29. The molecule has 0 aliphatic heterocycles. The van der Waals surface area contributed by atoms with Crippen molar-refractivity contribution in [2.75, 3.05) is 19.7 Å². The zero-order valence-corrected chi connectivity index (χ0v) is 10.3. The summed E-state index contributed by atoms with van der Waals surface area (Å²) in [6, 6.07) is 0. The normalized spacial score (nSPS) is 22.5. The van der Waals surface area contributed by atoms with Crippen LogP contribution in [-0.4, -0.2) is 46.7 Å². The lowest BCUT2D eigenvalue weighted by molar-refractivity contribution is -0.150. The number of carbonyl (C=O) groups excluding carboxylic acids is 1. The van der Waals surface area contributed by atoms with Crippen LogP contribution in [0.1, 0.15) is 12.8 Å². The topological polar surface area (TPSA) is 77.8 Å². The van der Waals surface area contributed by atoms with Crippen molar-refractivity contribution in [2.24, 2.45) is 11.8 Å². The maximum absolute atomic E-state index is 12.3. The zero-order chi connectivity index (χ0) is 13.5. The van der Waals surface area contributed by atoms with E-state index in [-0.39, 0.29) is 19.1 Å². The molecule has 2 atom stereocenters. The summed E-state index contributed by atoms with van der Waals surface area (Å²) in [5.41, 5.74) is 0. The number of aliphatic hydroxyl groups excluding tert-OH is 1. The summed E-state index contributed by atoms with van der Waals surface area (Å²) in [6.45, 7) is 3.95. The molecule has 1 aliphatic rings. The number of hydrogen-bond acceptors (Lipinski definition) is 3. The molecule has 0 aromatic heterocycles. The molecular weight excluding hydrogens is 234 g/mol. The molecule has 0 aromatic rings. The number of aliphatic carboxylic acids is 1. The minimum absolute atomic E-state index is 0.139. The third-order valence-corrected chi connectivity index (χ3v) is 3.10. The van der Waals surface area contributed by atoms with Crippen molar-refractivity contribution in [2.45, 2.75) is 12.8 Å². The van der Waals surface area contributed by atoms with Crippen LogP contribution in [0.3, 0.4) is 0 Å². The highest BCUT2D eigenvalue weighted by Crippen LogP contribution is 2.27. The van der Waals surface area contributed by atoms with Crippen molar-refractivity contribution in [1.82, 2.24) is 4.90 Å². The Morgan fingerprint density at radius 2 is 1.94 bits per heavy atom. The van der Waals surface area contributed by atoms with E-state index in [4.69, 9.17) is 10.2 Å². The highest BCUT2D eigenvalue weighted by molar-refractivity contribution is 5.85. The van der Waals surface area contributed by atoms with E-state index in [1.165, 1.54) is 4.90 Å². The Morgan fingerprint density at radius 3 is 2.44 bits per heavy atom. The van der Waals surface area contributed by atoms with Crippen LogP contribution >= 0.6 is 0 Å². The number of carboxylic acid groups (broad SMARTS) is 1. The second-order valence-electron chi connectivity index (χ2n) is 4.29. The first kappa shape index (κ1) is 14.4. The Labute approximate surface area is 106 Å². The fourth-order valence-electron chi connectivity index (χ4n) is 2.16. The number of amides is 1. The predicted molar refractivity (Wildman–Crippen MR) is 66.9 cm³/mol. The van der Waals surface area contributed by atoms with Crippen LogP contribution in [0, 0.1) is 11.8 Å². The van der Waals surface area contributed by atoms with Crippen LogP contribution in [0.4, 0.5) is 0 Å². The molecule has 0 radical (unpaired) electrons. The molecule has 1 amide bonds. The van der Waals surface area contributed by atoms with Gasteiger partial charge in [-0.3, -0.25) is 9.59 Å². The molecule has 5 heteroatoms. The van der Waals surface area contributed by atoms with E-state index in [2.05, 4.69) is 6.58 Å². The Balaban J connectivity index is 2.81. The van der Waals surface area contributed by atoms with E-state index < -0.39 is 17.8 Å². The van der Waals surface area contributed by atoms with Gasteiger partial charge < -0.3 is 15.1 Å². The SMILES string of the molecule is C=CCN(CCO)C(=O)C1CC=CCC1C(=O)O. The van der Waals surface area contributed by atoms with E-state index in [9.17, 15) is 9.59 Å². The quantitative estimate of drug-likeness (QED) is 0.682. The van der Waals surface area contributed by atoms with Crippen LogP contribution in [-0.2, 0) is 9.59 Å². The summed E-state index contributed by atoms with van der Waals surface area (Å²) >= 11 is 0.